The van der Waals surface area contributed by atoms with Gasteiger partial charge in [-0.3, -0.25) is 0 Å². The zero-order chi connectivity index (χ0) is 27.1. The smallest absolute Gasteiger partial charge is 0.143 e. The number of rotatable bonds is 2. The van der Waals surface area contributed by atoms with Gasteiger partial charge in [-0.25, -0.2) is 0 Å². The predicted octanol–water partition coefficient (Wildman–Crippen LogP) is 11.9. The van der Waals surface area contributed by atoms with Gasteiger partial charge in [0.1, 0.15) is 22.3 Å². The van der Waals surface area contributed by atoms with Crippen molar-refractivity contribution in [2.24, 2.45) is 0 Å². The van der Waals surface area contributed by atoms with E-state index in [1.165, 1.54) is 27.1 Å². The van der Waals surface area contributed by atoms with Gasteiger partial charge in [0.2, 0.25) is 0 Å². The minimum Gasteiger partial charge on any atom is -0.456 e. The molecule has 41 heavy (non-hydrogen) atoms. The molecule has 0 aliphatic heterocycles. The Morgan fingerprint density at radius 2 is 0.854 bits per heavy atom. The van der Waals surface area contributed by atoms with Gasteiger partial charge in [-0.1, -0.05) is 103 Å². The molecule has 0 aliphatic rings. The molecule has 192 valence electrons. The van der Waals surface area contributed by atoms with E-state index in [0.29, 0.717) is 0 Å². The van der Waals surface area contributed by atoms with E-state index >= 15 is 0 Å². The van der Waals surface area contributed by atoms with Crippen molar-refractivity contribution < 1.29 is 8.83 Å². The number of para-hydroxylation sites is 2. The Labute approximate surface area is 243 Å². The van der Waals surface area contributed by atoms with Gasteiger partial charge < -0.3 is 8.83 Å². The van der Waals surface area contributed by atoms with Crippen LogP contribution in [0.25, 0.3) is 87.7 Å². The summed E-state index contributed by atoms with van der Waals surface area (Å²) in [7, 11) is 0. The second kappa shape index (κ2) is 8.57. The van der Waals surface area contributed by atoms with Gasteiger partial charge in [0.15, 0.2) is 0 Å². The van der Waals surface area contributed by atoms with E-state index < -0.39 is 0 Å². The fraction of sp³-hybridized carbons (Fsp3) is 0. The summed E-state index contributed by atoms with van der Waals surface area (Å²) in [5, 5.41) is 9.22. The van der Waals surface area contributed by atoms with Crippen molar-refractivity contribution in [1.82, 2.24) is 0 Å². The standard InChI is InChI=1S/C38H21BrO2/c39-37-26-12-3-1-10-23(26)34(24-11-2-4-13-27(24)37)30-21-20-25(36-29-15-6-8-18-32(29)41-38(30)36)22-16-9-19-33-35(22)28-14-5-7-17-31(28)40-33/h1-21H. The monoisotopic (exact) mass is 588 g/mol. The van der Waals surface area contributed by atoms with Gasteiger partial charge in [-0.15, -0.1) is 0 Å². The molecule has 0 saturated heterocycles. The van der Waals surface area contributed by atoms with Crippen LogP contribution in [0, 0.1) is 0 Å². The van der Waals surface area contributed by atoms with Gasteiger partial charge in [-0.2, -0.15) is 0 Å². The molecule has 2 heterocycles. The van der Waals surface area contributed by atoms with Crippen LogP contribution in [-0.2, 0) is 0 Å². The number of halogens is 1. The van der Waals surface area contributed by atoms with Crippen LogP contribution in [0.3, 0.4) is 0 Å². The lowest BCUT2D eigenvalue weighted by atomic mass is 9.88. The Hall–Kier alpha value is -4.86. The third-order valence-corrected chi connectivity index (χ3v) is 9.21. The zero-order valence-electron chi connectivity index (χ0n) is 21.8. The highest BCUT2D eigenvalue weighted by molar-refractivity contribution is 9.10. The van der Waals surface area contributed by atoms with E-state index in [0.717, 1.165) is 65.0 Å². The van der Waals surface area contributed by atoms with Crippen LogP contribution in [0.4, 0.5) is 0 Å². The van der Waals surface area contributed by atoms with Gasteiger partial charge in [0, 0.05) is 37.1 Å². The van der Waals surface area contributed by atoms with Crippen molar-refractivity contribution in [1.29, 1.82) is 0 Å². The van der Waals surface area contributed by atoms with E-state index in [9.17, 15) is 0 Å². The molecule has 9 rings (SSSR count). The van der Waals surface area contributed by atoms with Crippen LogP contribution in [0.2, 0.25) is 0 Å². The van der Waals surface area contributed by atoms with Crippen LogP contribution in [0.1, 0.15) is 0 Å². The molecule has 0 N–H and O–H groups in total. The Balaban J connectivity index is 1.46. The molecular formula is C38H21BrO2. The summed E-state index contributed by atoms with van der Waals surface area (Å²) in [5.74, 6) is 0. The maximum atomic E-state index is 6.77. The van der Waals surface area contributed by atoms with Gasteiger partial charge in [0.05, 0.1) is 0 Å². The second-order valence-electron chi connectivity index (χ2n) is 10.5. The lowest BCUT2D eigenvalue weighted by Crippen LogP contribution is -1.89. The van der Waals surface area contributed by atoms with Crippen LogP contribution >= 0.6 is 15.9 Å². The average molecular weight is 589 g/mol. The molecular weight excluding hydrogens is 568 g/mol. The minimum atomic E-state index is 0.881. The van der Waals surface area contributed by atoms with E-state index in [-0.39, 0.29) is 0 Å². The largest absolute Gasteiger partial charge is 0.456 e. The number of fused-ring (bicyclic) bond motifs is 8. The lowest BCUT2D eigenvalue weighted by molar-refractivity contribution is 0.668. The van der Waals surface area contributed by atoms with Crippen LogP contribution < -0.4 is 0 Å². The minimum absolute atomic E-state index is 0.881. The van der Waals surface area contributed by atoms with Crippen LogP contribution in [0.15, 0.2) is 141 Å². The summed E-state index contributed by atoms with van der Waals surface area (Å²) in [5.41, 5.74) is 8.10. The highest BCUT2D eigenvalue weighted by atomic mass is 79.9. The molecule has 2 aromatic heterocycles. The highest BCUT2D eigenvalue weighted by Gasteiger charge is 2.22. The summed E-state index contributed by atoms with van der Waals surface area (Å²) in [6.07, 6.45) is 0. The van der Waals surface area contributed by atoms with E-state index in [1.807, 2.05) is 18.2 Å². The molecule has 2 nitrogen and oxygen atoms in total. The molecule has 0 radical (unpaired) electrons. The molecule has 0 bridgehead atoms. The summed E-state index contributed by atoms with van der Waals surface area (Å²) >= 11 is 3.92. The summed E-state index contributed by atoms with van der Waals surface area (Å²) < 4.78 is 14.2. The number of furan rings is 2. The highest BCUT2D eigenvalue weighted by Crippen LogP contribution is 2.48. The van der Waals surface area contributed by atoms with E-state index in [1.54, 1.807) is 0 Å². The van der Waals surface area contributed by atoms with Gasteiger partial charge in [-0.05, 0) is 72.9 Å². The van der Waals surface area contributed by atoms with Crippen molar-refractivity contribution in [3.8, 4) is 22.3 Å². The molecule has 0 atom stereocenters. The number of hydrogen-bond donors (Lipinski definition) is 0. The molecule has 0 amide bonds. The first-order valence-electron chi connectivity index (χ1n) is 13.7. The molecule has 0 spiro atoms. The van der Waals surface area contributed by atoms with Crippen molar-refractivity contribution in [3.05, 3.63) is 132 Å². The number of benzene rings is 7. The molecule has 0 fully saturated rings. The van der Waals surface area contributed by atoms with Crippen molar-refractivity contribution in [3.63, 3.8) is 0 Å². The molecule has 0 unspecified atom stereocenters. The fourth-order valence-corrected chi connectivity index (χ4v) is 7.31. The first-order valence-corrected chi connectivity index (χ1v) is 14.5. The predicted molar refractivity (Wildman–Crippen MR) is 175 cm³/mol. The molecule has 7 aromatic carbocycles. The van der Waals surface area contributed by atoms with Crippen LogP contribution in [0.5, 0.6) is 0 Å². The maximum absolute atomic E-state index is 6.77. The third-order valence-electron chi connectivity index (χ3n) is 8.35. The molecule has 0 saturated carbocycles. The van der Waals surface area contributed by atoms with Crippen LogP contribution in [-0.4, -0.2) is 0 Å². The van der Waals surface area contributed by atoms with Gasteiger partial charge in [0.25, 0.3) is 0 Å². The number of hydrogen-bond acceptors (Lipinski definition) is 2. The first kappa shape index (κ1) is 22.9. The second-order valence-corrected chi connectivity index (χ2v) is 11.3. The van der Waals surface area contributed by atoms with Crippen molar-refractivity contribution in [2.75, 3.05) is 0 Å². The summed E-state index contributed by atoms with van der Waals surface area (Å²) in [6.45, 7) is 0. The van der Waals surface area contributed by atoms with Gasteiger partial charge >= 0.3 is 0 Å². The lowest BCUT2D eigenvalue weighted by Gasteiger charge is -2.16. The quantitative estimate of drug-likeness (QED) is 0.188. The molecule has 0 aliphatic carbocycles. The Kier molecular flexibility index (Phi) is 4.79. The molecule has 9 aromatic rings. The van der Waals surface area contributed by atoms with E-state index in [2.05, 4.69) is 125 Å². The zero-order valence-corrected chi connectivity index (χ0v) is 23.4. The van der Waals surface area contributed by atoms with E-state index in [4.69, 9.17) is 8.83 Å². The van der Waals surface area contributed by atoms with Crippen molar-refractivity contribution in [2.45, 2.75) is 0 Å². The SMILES string of the molecule is Brc1c2ccccc2c(-c2ccc(-c3cccc4oc5ccccc5c34)c3c2oc2ccccc23)c2ccccc12. The summed E-state index contributed by atoms with van der Waals surface area (Å²) in [4.78, 5) is 0. The average Bonchev–Trinajstić information content (AvgIpc) is 3.61. The Morgan fingerprint density at radius 1 is 0.366 bits per heavy atom. The normalized spacial score (nSPS) is 12.0. The Bertz CT molecular complexity index is 2440. The Morgan fingerprint density at radius 3 is 1.54 bits per heavy atom. The summed E-state index contributed by atoms with van der Waals surface area (Å²) in [6, 6.07) is 44.7. The first-order chi connectivity index (χ1) is 20.3. The third kappa shape index (κ3) is 3.18. The van der Waals surface area contributed by atoms with Crippen molar-refractivity contribution >= 4 is 81.4 Å². The maximum Gasteiger partial charge on any atom is 0.143 e. The topological polar surface area (TPSA) is 26.3 Å². The molecule has 3 heteroatoms. The fourth-order valence-electron chi connectivity index (χ4n) is 6.61.